The van der Waals surface area contributed by atoms with E-state index >= 15 is 0 Å². The van der Waals surface area contributed by atoms with Crippen LogP contribution in [0.25, 0.3) is 6.08 Å². The molecule has 35 heavy (non-hydrogen) atoms. The summed E-state index contributed by atoms with van der Waals surface area (Å²) in [5, 5.41) is 3.13. The lowest BCUT2D eigenvalue weighted by Gasteiger charge is -2.12. The second kappa shape index (κ2) is 11.0. The topological polar surface area (TPSA) is 71.0 Å². The number of rotatable bonds is 7. The van der Waals surface area contributed by atoms with Crippen molar-refractivity contribution < 1.29 is 23.1 Å². The van der Waals surface area contributed by atoms with Crippen molar-refractivity contribution in [1.82, 2.24) is 4.90 Å². The van der Waals surface area contributed by atoms with E-state index < -0.39 is 11.7 Å². The molecule has 0 spiro atoms. The van der Waals surface area contributed by atoms with Gasteiger partial charge in [0.2, 0.25) is 0 Å². The first-order valence-electron chi connectivity index (χ1n) is 10.8. The Kier molecular flexibility index (Phi) is 7.57. The molecule has 1 aliphatic rings. The summed E-state index contributed by atoms with van der Waals surface area (Å²) in [5.41, 5.74) is 1.62. The maximum Gasteiger partial charge on any atom is 0.266 e. The minimum Gasteiger partial charge on any atom is -0.483 e. The van der Waals surface area contributed by atoms with E-state index in [2.05, 4.69) is 10.3 Å². The predicted octanol–water partition coefficient (Wildman–Crippen LogP) is 5.61. The molecular formula is C26H21F2N3O3S. The normalized spacial score (nSPS) is 15.6. The number of ether oxygens (including phenoxy) is 1. The predicted molar refractivity (Wildman–Crippen MR) is 133 cm³/mol. The molecule has 2 amide bonds. The van der Waals surface area contributed by atoms with Crippen LogP contribution in [0.15, 0.2) is 82.7 Å². The molecule has 0 aliphatic carbocycles. The molecule has 6 nitrogen and oxygen atoms in total. The zero-order valence-electron chi connectivity index (χ0n) is 18.7. The van der Waals surface area contributed by atoms with Crippen molar-refractivity contribution >= 4 is 46.2 Å². The first-order valence-corrected chi connectivity index (χ1v) is 11.6. The molecule has 1 N–H and O–H groups in total. The number of para-hydroxylation sites is 1. The summed E-state index contributed by atoms with van der Waals surface area (Å²) in [4.78, 5) is 31.7. The number of likely N-dealkylation sites (N-methyl/N-ethyl adjacent to an activating group) is 1. The van der Waals surface area contributed by atoms with Crippen LogP contribution in [0.4, 0.5) is 20.2 Å². The van der Waals surface area contributed by atoms with Gasteiger partial charge < -0.3 is 10.1 Å². The number of hydrogen-bond acceptors (Lipinski definition) is 5. The summed E-state index contributed by atoms with van der Waals surface area (Å²) in [6, 6.07) is 18.2. The molecule has 178 valence electrons. The first-order chi connectivity index (χ1) is 16.9. The third kappa shape index (κ3) is 6.13. The van der Waals surface area contributed by atoms with Gasteiger partial charge in [-0.2, -0.15) is 0 Å². The Hall–Kier alpha value is -3.98. The second-order valence-electron chi connectivity index (χ2n) is 7.41. The number of amidine groups is 1. The third-order valence-electron chi connectivity index (χ3n) is 4.95. The smallest absolute Gasteiger partial charge is 0.266 e. The van der Waals surface area contributed by atoms with Crippen molar-refractivity contribution in [2.45, 2.75) is 6.92 Å². The number of anilines is 1. The number of halogens is 2. The molecule has 0 unspecified atom stereocenters. The molecule has 9 heteroatoms. The Morgan fingerprint density at radius 3 is 2.37 bits per heavy atom. The van der Waals surface area contributed by atoms with Crippen LogP contribution in [-0.4, -0.2) is 35.0 Å². The zero-order chi connectivity index (χ0) is 24.8. The highest BCUT2D eigenvalue weighted by atomic mass is 32.2. The molecule has 1 fully saturated rings. The number of hydrogen-bond donors (Lipinski definition) is 1. The average molecular weight is 494 g/mol. The van der Waals surface area contributed by atoms with Crippen molar-refractivity contribution in [3.05, 3.63) is 94.9 Å². The van der Waals surface area contributed by atoms with Crippen LogP contribution in [0, 0.1) is 11.6 Å². The fraction of sp³-hybridized carbons (Fsp3) is 0.115. The quantitative estimate of drug-likeness (QED) is 0.435. The molecule has 3 aromatic rings. The van der Waals surface area contributed by atoms with Crippen molar-refractivity contribution in [2.75, 3.05) is 18.5 Å². The number of amides is 2. The maximum absolute atomic E-state index is 13.2. The minimum absolute atomic E-state index is 0.206. The largest absolute Gasteiger partial charge is 0.483 e. The fourth-order valence-corrected chi connectivity index (χ4v) is 4.30. The van der Waals surface area contributed by atoms with Crippen LogP contribution in [0.2, 0.25) is 0 Å². The summed E-state index contributed by atoms with van der Waals surface area (Å²) in [6.45, 7) is 2.00. The number of aliphatic imine (C=N–C) groups is 1. The molecule has 4 rings (SSSR count). The number of nitrogens with one attached hydrogen (secondary N) is 1. The lowest BCUT2D eigenvalue weighted by molar-refractivity contribution is -0.122. The third-order valence-corrected chi connectivity index (χ3v) is 5.95. The van der Waals surface area contributed by atoms with E-state index in [1.54, 1.807) is 47.4 Å². The van der Waals surface area contributed by atoms with Crippen LogP contribution in [0.3, 0.4) is 0 Å². The Labute approximate surface area is 205 Å². The molecule has 0 bridgehead atoms. The minimum atomic E-state index is -0.406. The standard InChI is InChI=1S/C26H21F2N3O3S/c1-2-31-25(33)23(35-26(31)30-21-13-9-19(28)10-14-21)15-17-5-3-4-6-22(17)34-16-24(32)29-20-11-7-18(27)8-12-20/h3-15H,2,16H2,1H3,(H,29,32)/b23-15+,30-26?. The van der Waals surface area contributed by atoms with Crippen molar-refractivity contribution in [3.8, 4) is 5.75 Å². The summed E-state index contributed by atoms with van der Waals surface area (Å²) in [6.07, 6.45) is 1.69. The van der Waals surface area contributed by atoms with Gasteiger partial charge in [0.1, 0.15) is 17.4 Å². The van der Waals surface area contributed by atoms with Gasteiger partial charge in [0.05, 0.1) is 10.6 Å². The molecule has 1 aliphatic heterocycles. The van der Waals surface area contributed by atoms with Gasteiger partial charge in [-0.25, -0.2) is 13.8 Å². The monoisotopic (exact) mass is 493 g/mol. The summed E-state index contributed by atoms with van der Waals surface area (Å²) < 4.78 is 31.9. The van der Waals surface area contributed by atoms with Gasteiger partial charge in [-0.05, 0) is 79.4 Å². The lowest BCUT2D eigenvalue weighted by atomic mass is 10.2. The van der Waals surface area contributed by atoms with Crippen molar-refractivity contribution in [1.29, 1.82) is 0 Å². The van der Waals surface area contributed by atoms with Gasteiger partial charge in [0.15, 0.2) is 11.8 Å². The van der Waals surface area contributed by atoms with Gasteiger partial charge in [-0.1, -0.05) is 18.2 Å². The molecule has 0 atom stereocenters. The van der Waals surface area contributed by atoms with Crippen molar-refractivity contribution in [2.24, 2.45) is 4.99 Å². The van der Waals surface area contributed by atoms with Gasteiger partial charge in [0.25, 0.3) is 11.8 Å². The lowest BCUT2D eigenvalue weighted by Crippen LogP contribution is -2.28. The van der Waals surface area contributed by atoms with Gasteiger partial charge in [-0.15, -0.1) is 0 Å². The summed E-state index contributed by atoms with van der Waals surface area (Å²) in [7, 11) is 0. The van der Waals surface area contributed by atoms with Crippen LogP contribution < -0.4 is 10.1 Å². The summed E-state index contributed by atoms with van der Waals surface area (Å²) >= 11 is 1.21. The average Bonchev–Trinajstić information content (AvgIpc) is 3.15. The fourth-order valence-electron chi connectivity index (χ4n) is 3.24. The van der Waals surface area contributed by atoms with E-state index in [-0.39, 0.29) is 18.3 Å². The van der Waals surface area contributed by atoms with E-state index in [4.69, 9.17) is 4.74 Å². The van der Waals surface area contributed by atoms with Gasteiger partial charge in [-0.3, -0.25) is 14.5 Å². The molecule has 1 heterocycles. The second-order valence-corrected chi connectivity index (χ2v) is 8.42. The molecule has 0 saturated carbocycles. The van der Waals surface area contributed by atoms with Crippen molar-refractivity contribution in [3.63, 3.8) is 0 Å². The Balaban J connectivity index is 1.49. The van der Waals surface area contributed by atoms with Gasteiger partial charge in [0, 0.05) is 17.8 Å². The number of benzene rings is 3. The Bertz CT molecular complexity index is 1290. The van der Waals surface area contributed by atoms with E-state index in [1.807, 2.05) is 6.92 Å². The zero-order valence-corrected chi connectivity index (χ0v) is 19.5. The first kappa shape index (κ1) is 24.2. The summed E-state index contributed by atoms with van der Waals surface area (Å²) in [5.74, 6) is -0.943. The Morgan fingerprint density at radius 1 is 1.03 bits per heavy atom. The molecule has 1 saturated heterocycles. The number of carbonyl (C=O) groups excluding carboxylic acids is 2. The van der Waals surface area contributed by atoms with Crippen LogP contribution in [0.5, 0.6) is 5.75 Å². The van der Waals surface area contributed by atoms with E-state index in [0.717, 1.165) is 0 Å². The highest BCUT2D eigenvalue weighted by Crippen LogP contribution is 2.35. The highest BCUT2D eigenvalue weighted by Gasteiger charge is 2.32. The van der Waals surface area contributed by atoms with E-state index in [1.165, 1.54) is 48.2 Å². The molecular weight excluding hydrogens is 472 g/mol. The Morgan fingerprint density at radius 2 is 1.69 bits per heavy atom. The number of carbonyl (C=O) groups is 2. The number of thioether (sulfide) groups is 1. The van der Waals surface area contributed by atoms with Gasteiger partial charge >= 0.3 is 0 Å². The van der Waals surface area contributed by atoms with Crippen LogP contribution >= 0.6 is 11.8 Å². The number of nitrogens with zero attached hydrogens (tertiary/aromatic N) is 2. The molecule has 0 radical (unpaired) electrons. The SMILES string of the molecule is CCN1C(=O)/C(=C\c2ccccc2OCC(=O)Nc2ccc(F)cc2)SC1=Nc1ccc(F)cc1. The molecule has 0 aromatic heterocycles. The maximum atomic E-state index is 13.2. The van der Waals surface area contributed by atoms with Crippen LogP contribution in [0.1, 0.15) is 12.5 Å². The van der Waals surface area contributed by atoms with Crippen LogP contribution in [-0.2, 0) is 9.59 Å². The molecule has 3 aromatic carbocycles. The highest BCUT2D eigenvalue weighted by molar-refractivity contribution is 8.18. The van der Waals surface area contributed by atoms with E-state index in [0.29, 0.717) is 39.3 Å². The van der Waals surface area contributed by atoms with E-state index in [9.17, 15) is 18.4 Å².